The molecule has 74 valence electrons. The van der Waals surface area contributed by atoms with E-state index in [-0.39, 0.29) is 0 Å². The van der Waals surface area contributed by atoms with Crippen molar-refractivity contribution in [2.75, 3.05) is 24.5 Å². The highest BCUT2D eigenvalue weighted by Gasteiger charge is 2.35. The first-order valence-electron chi connectivity index (χ1n) is 5.32. The van der Waals surface area contributed by atoms with Gasteiger partial charge in [0.25, 0.3) is 0 Å². The van der Waals surface area contributed by atoms with Gasteiger partial charge in [-0.2, -0.15) is 0 Å². The lowest BCUT2D eigenvalue weighted by Crippen LogP contribution is -2.30. The summed E-state index contributed by atoms with van der Waals surface area (Å²) in [6.07, 6.45) is 5.13. The van der Waals surface area contributed by atoms with Crippen LogP contribution in [0.3, 0.4) is 0 Å². The summed E-state index contributed by atoms with van der Waals surface area (Å²) in [6.45, 7) is 3.55. The SMILES string of the molecule is c1cncc(N2C[C@@H]3CCN[C@@H]3C2)c1. The third-order valence-corrected chi connectivity index (χ3v) is 3.37. The first-order valence-corrected chi connectivity index (χ1v) is 5.32. The number of nitrogens with one attached hydrogen (secondary N) is 1. The lowest BCUT2D eigenvalue weighted by molar-refractivity contribution is 0.556. The molecule has 2 aliphatic heterocycles. The maximum Gasteiger partial charge on any atom is 0.0553 e. The van der Waals surface area contributed by atoms with E-state index in [9.17, 15) is 0 Å². The number of fused-ring (bicyclic) bond motifs is 1. The fourth-order valence-corrected chi connectivity index (χ4v) is 2.60. The molecule has 2 atom stereocenters. The predicted molar refractivity (Wildman–Crippen MR) is 56.3 cm³/mol. The van der Waals surface area contributed by atoms with Crippen LogP contribution in [0.25, 0.3) is 0 Å². The third kappa shape index (κ3) is 1.28. The smallest absolute Gasteiger partial charge is 0.0553 e. The summed E-state index contributed by atoms with van der Waals surface area (Å²) in [6, 6.07) is 4.88. The zero-order valence-electron chi connectivity index (χ0n) is 8.19. The highest BCUT2D eigenvalue weighted by Crippen LogP contribution is 2.28. The molecular weight excluding hydrogens is 174 g/mol. The van der Waals surface area contributed by atoms with Gasteiger partial charge in [0.15, 0.2) is 0 Å². The minimum Gasteiger partial charge on any atom is -0.368 e. The predicted octanol–water partition coefficient (Wildman–Crippen LogP) is 0.880. The maximum absolute atomic E-state index is 4.16. The Kier molecular flexibility index (Phi) is 1.91. The van der Waals surface area contributed by atoms with Crippen LogP contribution in [0.5, 0.6) is 0 Å². The number of nitrogens with zero attached hydrogens (tertiary/aromatic N) is 2. The molecule has 0 amide bonds. The Morgan fingerprint density at radius 1 is 1.43 bits per heavy atom. The van der Waals surface area contributed by atoms with Gasteiger partial charge in [-0.25, -0.2) is 0 Å². The molecule has 0 unspecified atom stereocenters. The average molecular weight is 189 g/mol. The molecule has 0 saturated carbocycles. The van der Waals surface area contributed by atoms with Gasteiger partial charge in [0.05, 0.1) is 11.9 Å². The number of aromatic nitrogens is 1. The summed E-state index contributed by atoms with van der Waals surface area (Å²) in [5, 5.41) is 3.56. The van der Waals surface area contributed by atoms with E-state index in [1.807, 2.05) is 18.5 Å². The normalized spacial score (nSPS) is 30.7. The first kappa shape index (κ1) is 8.24. The van der Waals surface area contributed by atoms with Crippen molar-refractivity contribution < 1.29 is 0 Å². The molecule has 1 N–H and O–H groups in total. The Hall–Kier alpha value is -1.09. The second-order valence-electron chi connectivity index (χ2n) is 4.23. The highest BCUT2D eigenvalue weighted by molar-refractivity contribution is 5.45. The summed E-state index contributed by atoms with van der Waals surface area (Å²) in [7, 11) is 0. The van der Waals surface area contributed by atoms with Gasteiger partial charge < -0.3 is 10.2 Å². The van der Waals surface area contributed by atoms with Gasteiger partial charge in [-0.1, -0.05) is 0 Å². The number of pyridine rings is 1. The highest BCUT2D eigenvalue weighted by atomic mass is 15.2. The van der Waals surface area contributed by atoms with Crippen molar-refractivity contribution in [1.82, 2.24) is 10.3 Å². The molecule has 1 aromatic rings. The van der Waals surface area contributed by atoms with E-state index in [2.05, 4.69) is 21.3 Å². The summed E-state index contributed by atoms with van der Waals surface area (Å²) >= 11 is 0. The van der Waals surface area contributed by atoms with Crippen molar-refractivity contribution in [3.8, 4) is 0 Å². The van der Waals surface area contributed by atoms with Gasteiger partial charge >= 0.3 is 0 Å². The molecule has 3 heteroatoms. The molecule has 3 rings (SSSR count). The Morgan fingerprint density at radius 3 is 3.21 bits per heavy atom. The van der Waals surface area contributed by atoms with Crippen molar-refractivity contribution in [2.45, 2.75) is 12.5 Å². The molecule has 0 aliphatic carbocycles. The molecule has 0 bridgehead atoms. The van der Waals surface area contributed by atoms with Crippen LogP contribution in [0.15, 0.2) is 24.5 Å². The molecule has 3 heterocycles. The lowest BCUT2D eigenvalue weighted by Gasteiger charge is -2.18. The second-order valence-corrected chi connectivity index (χ2v) is 4.23. The molecule has 1 aromatic heterocycles. The van der Waals surface area contributed by atoms with E-state index in [0.717, 1.165) is 18.5 Å². The summed E-state index contributed by atoms with van der Waals surface area (Å²) < 4.78 is 0. The average Bonchev–Trinajstić information content (AvgIpc) is 2.78. The van der Waals surface area contributed by atoms with Crippen LogP contribution >= 0.6 is 0 Å². The lowest BCUT2D eigenvalue weighted by atomic mass is 10.1. The van der Waals surface area contributed by atoms with Gasteiger partial charge in [0, 0.05) is 25.3 Å². The van der Waals surface area contributed by atoms with E-state index in [1.165, 1.54) is 25.2 Å². The molecule has 2 aliphatic rings. The molecule has 0 spiro atoms. The summed E-state index contributed by atoms with van der Waals surface area (Å²) in [4.78, 5) is 6.60. The van der Waals surface area contributed by atoms with E-state index in [4.69, 9.17) is 0 Å². The van der Waals surface area contributed by atoms with Crippen molar-refractivity contribution >= 4 is 5.69 Å². The van der Waals surface area contributed by atoms with Crippen molar-refractivity contribution in [3.05, 3.63) is 24.5 Å². The van der Waals surface area contributed by atoms with Crippen molar-refractivity contribution in [2.24, 2.45) is 5.92 Å². The van der Waals surface area contributed by atoms with Gasteiger partial charge in [0.1, 0.15) is 0 Å². The molecule has 0 aromatic carbocycles. The number of rotatable bonds is 1. The van der Waals surface area contributed by atoms with Gasteiger partial charge in [-0.3, -0.25) is 4.98 Å². The topological polar surface area (TPSA) is 28.2 Å². The molecular formula is C11H15N3. The third-order valence-electron chi connectivity index (χ3n) is 3.37. The standard InChI is InChI=1S/C11H15N3/c1-2-10(6-12-4-1)14-7-9-3-5-13-11(9)8-14/h1-2,4,6,9,11,13H,3,5,7-8H2/t9-,11+/m0/s1. The van der Waals surface area contributed by atoms with Crippen LogP contribution in [-0.2, 0) is 0 Å². The molecule has 0 radical (unpaired) electrons. The van der Waals surface area contributed by atoms with Crippen LogP contribution in [0, 0.1) is 5.92 Å². The van der Waals surface area contributed by atoms with Crippen molar-refractivity contribution in [3.63, 3.8) is 0 Å². The van der Waals surface area contributed by atoms with Crippen LogP contribution in [0.4, 0.5) is 5.69 Å². The minimum absolute atomic E-state index is 0.718. The summed E-state index contributed by atoms with van der Waals surface area (Å²) in [5.74, 6) is 0.857. The molecule has 3 nitrogen and oxygen atoms in total. The van der Waals surface area contributed by atoms with Crippen LogP contribution < -0.4 is 10.2 Å². The molecule has 2 saturated heterocycles. The van der Waals surface area contributed by atoms with Gasteiger partial charge in [-0.15, -0.1) is 0 Å². The summed E-state index contributed by atoms with van der Waals surface area (Å²) in [5.41, 5.74) is 1.27. The van der Waals surface area contributed by atoms with E-state index >= 15 is 0 Å². The quantitative estimate of drug-likeness (QED) is 0.711. The van der Waals surface area contributed by atoms with E-state index < -0.39 is 0 Å². The fourth-order valence-electron chi connectivity index (χ4n) is 2.60. The largest absolute Gasteiger partial charge is 0.368 e. The Balaban J connectivity index is 1.77. The van der Waals surface area contributed by atoms with Crippen LogP contribution in [-0.4, -0.2) is 30.7 Å². The maximum atomic E-state index is 4.16. The monoisotopic (exact) mass is 189 g/mol. The minimum atomic E-state index is 0.718. The second kappa shape index (κ2) is 3.24. The first-order chi connectivity index (χ1) is 6.93. The van der Waals surface area contributed by atoms with Crippen molar-refractivity contribution in [1.29, 1.82) is 0 Å². The molecule has 2 fully saturated rings. The zero-order valence-corrected chi connectivity index (χ0v) is 8.19. The van der Waals surface area contributed by atoms with Crippen LogP contribution in [0.1, 0.15) is 6.42 Å². The van der Waals surface area contributed by atoms with E-state index in [1.54, 1.807) is 0 Å². The van der Waals surface area contributed by atoms with Gasteiger partial charge in [0.2, 0.25) is 0 Å². The number of hydrogen-bond donors (Lipinski definition) is 1. The fraction of sp³-hybridized carbons (Fsp3) is 0.545. The molecule has 14 heavy (non-hydrogen) atoms. The van der Waals surface area contributed by atoms with Gasteiger partial charge in [-0.05, 0) is 31.0 Å². The Morgan fingerprint density at radius 2 is 2.43 bits per heavy atom. The van der Waals surface area contributed by atoms with E-state index in [0.29, 0.717) is 0 Å². The number of anilines is 1. The number of hydrogen-bond acceptors (Lipinski definition) is 3. The zero-order chi connectivity index (χ0) is 9.38. The Labute approximate surface area is 84.1 Å². The Bertz CT molecular complexity index is 300. The van der Waals surface area contributed by atoms with Crippen LogP contribution in [0.2, 0.25) is 0 Å².